The average Bonchev–Trinajstić information content (AvgIpc) is 3.38. The predicted molar refractivity (Wildman–Crippen MR) is 118 cm³/mol. The van der Waals surface area contributed by atoms with Crippen molar-refractivity contribution in [2.24, 2.45) is 18.4 Å². The molecule has 2 unspecified atom stereocenters. The quantitative estimate of drug-likeness (QED) is 0.686. The largest absolute Gasteiger partial charge is 0.465 e. The zero-order valence-electron chi connectivity index (χ0n) is 19.1. The summed E-state index contributed by atoms with van der Waals surface area (Å²) in [6, 6.07) is -0.0665. The van der Waals surface area contributed by atoms with Crippen molar-refractivity contribution in [3.63, 3.8) is 0 Å². The molecule has 0 saturated carbocycles. The Hall–Kier alpha value is -2.97. The van der Waals surface area contributed by atoms with Gasteiger partial charge in [0.25, 0.3) is 0 Å². The van der Waals surface area contributed by atoms with Crippen molar-refractivity contribution in [1.29, 1.82) is 0 Å². The molecule has 4 rings (SSSR count). The molecule has 1 aliphatic rings. The van der Waals surface area contributed by atoms with Gasteiger partial charge in [-0.15, -0.1) is 0 Å². The van der Waals surface area contributed by atoms with Crippen molar-refractivity contribution in [2.45, 2.75) is 60.0 Å². The maximum atomic E-state index is 11.8. The van der Waals surface area contributed by atoms with Crippen LogP contribution in [0.1, 0.15) is 45.5 Å². The molecule has 4 heterocycles. The smallest absolute Gasteiger partial charge is 0.407 e. The standard InChI is InChI=1S/C22H31N7O2/c1-7-29-13(2)15(11-25-29)19-26-17-16(23-12-24-20(17)27(19)6)10-14-8-9-28(21(30)31)18(14)22(3,4)5/h11-12,14,18H,7-10H2,1-6H3,(H,30,31). The SMILES string of the molecule is CCn1ncc(-c2nc3c(CC4CCN(C(=O)O)C4C(C)(C)C)ncnc3n2C)c1C. The third-order valence-corrected chi connectivity index (χ3v) is 6.49. The number of aryl methyl sites for hydroxylation is 2. The van der Waals surface area contributed by atoms with E-state index >= 15 is 0 Å². The van der Waals surface area contributed by atoms with Gasteiger partial charge in [-0.05, 0) is 38.0 Å². The molecule has 0 aliphatic carbocycles. The number of imidazole rings is 1. The minimum Gasteiger partial charge on any atom is -0.465 e. The molecule has 0 aromatic carbocycles. The molecule has 3 aromatic heterocycles. The Bertz CT molecular complexity index is 1130. The normalized spacial score (nSPS) is 19.5. The van der Waals surface area contributed by atoms with Gasteiger partial charge in [-0.3, -0.25) is 4.68 Å². The first-order chi connectivity index (χ1) is 14.6. The Morgan fingerprint density at radius 3 is 2.65 bits per heavy atom. The highest BCUT2D eigenvalue weighted by Crippen LogP contribution is 2.39. The fourth-order valence-electron chi connectivity index (χ4n) is 5.13. The van der Waals surface area contributed by atoms with Crippen LogP contribution in [-0.2, 0) is 20.0 Å². The molecule has 1 saturated heterocycles. The van der Waals surface area contributed by atoms with Gasteiger partial charge in [0.2, 0.25) is 0 Å². The summed E-state index contributed by atoms with van der Waals surface area (Å²) in [6.45, 7) is 11.8. The van der Waals surface area contributed by atoms with Crippen molar-refractivity contribution >= 4 is 17.3 Å². The number of carbonyl (C=O) groups is 1. The van der Waals surface area contributed by atoms with E-state index in [1.165, 1.54) is 0 Å². The molecule has 0 spiro atoms. The van der Waals surface area contributed by atoms with E-state index in [1.807, 2.05) is 29.4 Å². The van der Waals surface area contributed by atoms with Gasteiger partial charge in [0.1, 0.15) is 17.7 Å². The van der Waals surface area contributed by atoms with Crippen molar-refractivity contribution in [1.82, 2.24) is 34.2 Å². The summed E-state index contributed by atoms with van der Waals surface area (Å²) in [5.74, 6) is 1.00. The van der Waals surface area contributed by atoms with Crippen molar-refractivity contribution in [2.75, 3.05) is 6.54 Å². The Balaban J connectivity index is 1.74. The molecule has 3 aromatic rings. The van der Waals surface area contributed by atoms with Gasteiger partial charge in [0.05, 0.1) is 17.5 Å². The summed E-state index contributed by atoms with van der Waals surface area (Å²) >= 11 is 0. The fraction of sp³-hybridized carbons (Fsp3) is 0.591. The topological polar surface area (TPSA) is 102 Å². The number of aromatic nitrogens is 6. The number of hydrogen-bond acceptors (Lipinski definition) is 5. The number of amides is 1. The first-order valence-corrected chi connectivity index (χ1v) is 10.8. The van der Waals surface area contributed by atoms with Crippen LogP contribution in [0.15, 0.2) is 12.5 Å². The third kappa shape index (κ3) is 3.55. The Labute approximate surface area is 182 Å². The predicted octanol–water partition coefficient (Wildman–Crippen LogP) is 3.51. The fourth-order valence-corrected chi connectivity index (χ4v) is 5.13. The van der Waals surface area contributed by atoms with Crippen LogP contribution in [-0.4, -0.2) is 58.0 Å². The average molecular weight is 426 g/mol. The van der Waals surface area contributed by atoms with Crippen molar-refractivity contribution < 1.29 is 9.90 Å². The van der Waals surface area contributed by atoms with E-state index in [0.29, 0.717) is 13.0 Å². The highest BCUT2D eigenvalue weighted by Gasteiger charge is 2.44. The summed E-state index contributed by atoms with van der Waals surface area (Å²) in [6.07, 6.45) is 4.08. The van der Waals surface area contributed by atoms with E-state index < -0.39 is 6.09 Å². The minimum atomic E-state index is -0.848. The molecule has 1 aliphatic heterocycles. The summed E-state index contributed by atoms with van der Waals surface area (Å²) < 4.78 is 3.94. The van der Waals surface area contributed by atoms with Crippen LogP contribution in [0.3, 0.4) is 0 Å². The lowest BCUT2D eigenvalue weighted by molar-refractivity contribution is 0.0909. The molecule has 1 fully saturated rings. The molecule has 0 radical (unpaired) electrons. The lowest BCUT2D eigenvalue weighted by Crippen LogP contribution is -2.45. The van der Waals surface area contributed by atoms with Gasteiger partial charge in [-0.2, -0.15) is 5.10 Å². The monoisotopic (exact) mass is 425 g/mol. The van der Waals surface area contributed by atoms with Gasteiger partial charge < -0.3 is 14.6 Å². The van der Waals surface area contributed by atoms with Crippen LogP contribution in [0.2, 0.25) is 0 Å². The summed E-state index contributed by atoms with van der Waals surface area (Å²) in [7, 11) is 1.96. The maximum Gasteiger partial charge on any atom is 0.407 e. The number of nitrogens with zero attached hydrogens (tertiary/aromatic N) is 7. The Morgan fingerprint density at radius 2 is 2.03 bits per heavy atom. The highest BCUT2D eigenvalue weighted by atomic mass is 16.4. The number of hydrogen-bond donors (Lipinski definition) is 1. The van der Waals surface area contributed by atoms with Crippen LogP contribution in [0.5, 0.6) is 0 Å². The van der Waals surface area contributed by atoms with Crippen LogP contribution in [0.4, 0.5) is 4.79 Å². The van der Waals surface area contributed by atoms with E-state index in [-0.39, 0.29) is 17.4 Å². The molecule has 31 heavy (non-hydrogen) atoms. The zero-order valence-corrected chi connectivity index (χ0v) is 19.1. The highest BCUT2D eigenvalue weighted by molar-refractivity contribution is 5.79. The number of fused-ring (bicyclic) bond motifs is 1. The minimum absolute atomic E-state index is 0.0665. The second kappa shape index (κ2) is 7.62. The van der Waals surface area contributed by atoms with Gasteiger partial charge >= 0.3 is 6.09 Å². The number of likely N-dealkylation sites (tertiary alicyclic amines) is 1. The molecule has 9 nitrogen and oxygen atoms in total. The second-order valence-corrected chi connectivity index (χ2v) is 9.49. The summed E-state index contributed by atoms with van der Waals surface area (Å²) in [5, 5.41) is 14.1. The molecule has 9 heteroatoms. The van der Waals surface area contributed by atoms with E-state index in [9.17, 15) is 9.90 Å². The van der Waals surface area contributed by atoms with Crippen LogP contribution in [0.25, 0.3) is 22.6 Å². The lowest BCUT2D eigenvalue weighted by Gasteiger charge is -2.37. The molecule has 0 bridgehead atoms. The van der Waals surface area contributed by atoms with Crippen LogP contribution < -0.4 is 0 Å². The molecule has 1 N–H and O–H groups in total. The number of carboxylic acid groups (broad SMARTS) is 1. The molecular formula is C22H31N7O2. The van der Waals surface area contributed by atoms with Crippen LogP contribution in [0, 0.1) is 18.3 Å². The maximum absolute atomic E-state index is 11.8. The first-order valence-electron chi connectivity index (χ1n) is 10.8. The van der Waals surface area contributed by atoms with Gasteiger partial charge in [0, 0.05) is 31.9 Å². The first kappa shape index (κ1) is 21.3. The molecule has 1 amide bonds. The van der Waals surface area contributed by atoms with Gasteiger partial charge in [-0.1, -0.05) is 20.8 Å². The lowest BCUT2D eigenvalue weighted by atomic mass is 9.77. The van der Waals surface area contributed by atoms with Gasteiger partial charge in [-0.25, -0.2) is 19.7 Å². The molecular weight excluding hydrogens is 394 g/mol. The molecule has 2 atom stereocenters. The van der Waals surface area contributed by atoms with Crippen molar-refractivity contribution in [3.05, 3.63) is 23.9 Å². The zero-order chi connectivity index (χ0) is 22.5. The van der Waals surface area contributed by atoms with Crippen LogP contribution >= 0.6 is 0 Å². The van der Waals surface area contributed by atoms with E-state index in [4.69, 9.17) is 4.98 Å². The summed E-state index contributed by atoms with van der Waals surface area (Å²) in [5.41, 5.74) is 4.33. The number of rotatable bonds is 4. The molecule has 166 valence electrons. The second-order valence-electron chi connectivity index (χ2n) is 9.49. The summed E-state index contributed by atoms with van der Waals surface area (Å²) in [4.78, 5) is 27.4. The van der Waals surface area contributed by atoms with E-state index in [1.54, 1.807) is 11.2 Å². The van der Waals surface area contributed by atoms with Gasteiger partial charge in [0.15, 0.2) is 5.65 Å². The Morgan fingerprint density at radius 1 is 1.29 bits per heavy atom. The van der Waals surface area contributed by atoms with E-state index in [2.05, 4.69) is 42.8 Å². The third-order valence-electron chi connectivity index (χ3n) is 6.49. The van der Waals surface area contributed by atoms with E-state index in [0.717, 1.165) is 46.9 Å². The van der Waals surface area contributed by atoms with Crippen molar-refractivity contribution in [3.8, 4) is 11.4 Å². The Kier molecular flexibility index (Phi) is 5.23.